The summed E-state index contributed by atoms with van der Waals surface area (Å²) in [4.78, 5) is 4.32. The largest absolute Gasteiger partial charge is 0.341 e. The fourth-order valence-corrected chi connectivity index (χ4v) is 2.52. The molecule has 0 radical (unpaired) electrons. The lowest BCUT2D eigenvalue weighted by molar-refractivity contribution is 0.827. The highest BCUT2D eigenvalue weighted by molar-refractivity contribution is 7.09. The van der Waals surface area contributed by atoms with Crippen LogP contribution in [0.15, 0.2) is 42.0 Å². The molecule has 0 amide bonds. The van der Waals surface area contributed by atoms with Crippen molar-refractivity contribution in [2.75, 3.05) is 0 Å². The fourth-order valence-electron chi connectivity index (χ4n) is 1.91. The molecule has 2 heterocycles. The van der Waals surface area contributed by atoms with Gasteiger partial charge in [-0.15, -0.1) is 11.3 Å². The van der Waals surface area contributed by atoms with Gasteiger partial charge in [0.1, 0.15) is 5.01 Å². The lowest BCUT2D eigenvalue weighted by atomic mass is 10.2. The molecule has 3 rings (SSSR count). The molecule has 16 heavy (non-hydrogen) atoms. The molecule has 3 heteroatoms. The van der Waals surface area contributed by atoms with E-state index in [0.717, 1.165) is 11.6 Å². The van der Waals surface area contributed by atoms with E-state index in [0.29, 0.717) is 0 Å². The molecule has 0 bridgehead atoms. The van der Waals surface area contributed by atoms with E-state index in [1.807, 2.05) is 11.6 Å². The zero-order valence-corrected chi connectivity index (χ0v) is 9.87. The molecule has 2 nitrogen and oxygen atoms in total. The van der Waals surface area contributed by atoms with E-state index in [2.05, 4.69) is 46.9 Å². The summed E-state index contributed by atoms with van der Waals surface area (Å²) < 4.78 is 2.25. The molecule has 0 aliphatic heterocycles. The number of aryl methyl sites for hydroxylation is 1. The van der Waals surface area contributed by atoms with Crippen LogP contribution < -0.4 is 0 Å². The molecule has 0 fully saturated rings. The van der Waals surface area contributed by atoms with Gasteiger partial charge < -0.3 is 4.57 Å². The molecular weight excluding hydrogens is 216 g/mol. The average Bonchev–Trinajstić information content (AvgIpc) is 2.90. The minimum atomic E-state index is 0.866. The van der Waals surface area contributed by atoms with Crippen LogP contribution in [-0.4, -0.2) is 9.55 Å². The van der Waals surface area contributed by atoms with Gasteiger partial charge >= 0.3 is 0 Å². The van der Waals surface area contributed by atoms with Crippen molar-refractivity contribution in [3.63, 3.8) is 0 Å². The first-order chi connectivity index (χ1) is 7.83. The number of hydrogen-bond acceptors (Lipinski definition) is 2. The molecular formula is C13H12N2S. The van der Waals surface area contributed by atoms with Crippen molar-refractivity contribution in [1.29, 1.82) is 0 Å². The van der Waals surface area contributed by atoms with E-state index >= 15 is 0 Å². The predicted octanol–water partition coefficient (Wildman–Crippen LogP) is 3.45. The van der Waals surface area contributed by atoms with Gasteiger partial charge in [0.25, 0.3) is 0 Å². The molecule has 0 N–H and O–H groups in total. The van der Waals surface area contributed by atoms with Gasteiger partial charge in [-0.05, 0) is 30.0 Å². The van der Waals surface area contributed by atoms with E-state index in [9.17, 15) is 0 Å². The second-order valence-electron chi connectivity index (χ2n) is 3.93. The molecule has 2 aromatic heterocycles. The van der Waals surface area contributed by atoms with Crippen LogP contribution in [0.2, 0.25) is 0 Å². The molecule has 0 atom stereocenters. The summed E-state index contributed by atoms with van der Waals surface area (Å²) in [6.45, 7) is 2.99. The summed E-state index contributed by atoms with van der Waals surface area (Å²) >= 11 is 1.70. The highest BCUT2D eigenvalue weighted by Gasteiger charge is 2.03. The Bertz CT molecular complexity index is 608. The van der Waals surface area contributed by atoms with Crippen LogP contribution in [0.4, 0.5) is 0 Å². The number of nitrogens with zero attached hydrogens (tertiary/aromatic N) is 2. The van der Waals surface area contributed by atoms with E-state index in [1.54, 1.807) is 11.3 Å². The summed E-state index contributed by atoms with van der Waals surface area (Å²) in [6.07, 6.45) is 3.99. The summed E-state index contributed by atoms with van der Waals surface area (Å²) in [5.74, 6) is 0. The van der Waals surface area contributed by atoms with Crippen LogP contribution in [0.5, 0.6) is 0 Å². The van der Waals surface area contributed by atoms with Gasteiger partial charge in [-0.2, -0.15) is 0 Å². The Balaban J connectivity index is 2.07. The first-order valence-corrected chi connectivity index (χ1v) is 6.15. The lowest BCUT2D eigenvalue weighted by Crippen LogP contribution is -1.96. The van der Waals surface area contributed by atoms with Crippen molar-refractivity contribution in [3.8, 4) is 0 Å². The van der Waals surface area contributed by atoms with Gasteiger partial charge in [0.2, 0.25) is 0 Å². The highest BCUT2D eigenvalue weighted by atomic mass is 32.1. The molecule has 0 spiro atoms. The number of benzene rings is 1. The topological polar surface area (TPSA) is 17.8 Å². The number of rotatable bonds is 2. The van der Waals surface area contributed by atoms with Gasteiger partial charge in [0.15, 0.2) is 0 Å². The van der Waals surface area contributed by atoms with Gasteiger partial charge in [-0.3, -0.25) is 0 Å². The van der Waals surface area contributed by atoms with E-state index in [1.165, 1.54) is 16.5 Å². The number of thiazole rings is 1. The maximum Gasteiger partial charge on any atom is 0.112 e. The Kier molecular flexibility index (Phi) is 2.26. The van der Waals surface area contributed by atoms with Gasteiger partial charge in [0, 0.05) is 23.3 Å². The summed E-state index contributed by atoms with van der Waals surface area (Å²) in [6, 6.07) is 8.70. The van der Waals surface area contributed by atoms with Gasteiger partial charge in [-0.25, -0.2) is 4.98 Å². The molecule has 0 saturated carbocycles. The van der Waals surface area contributed by atoms with E-state index < -0.39 is 0 Å². The summed E-state index contributed by atoms with van der Waals surface area (Å²) in [5.41, 5.74) is 2.58. The zero-order chi connectivity index (χ0) is 11.0. The van der Waals surface area contributed by atoms with Gasteiger partial charge in [-0.1, -0.05) is 12.1 Å². The molecule has 0 aliphatic carbocycles. The smallest absolute Gasteiger partial charge is 0.112 e. The summed E-state index contributed by atoms with van der Waals surface area (Å²) in [7, 11) is 0. The third-order valence-corrected chi connectivity index (χ3v) is 3.48. The highest BCUT2D eigenvalue weighted by Crippen LogP contribution is 2.19. The Morgan fingerprint density at radius 3 is 3.06 bits per heavy atom. The standard InChI is InChI=1S/C13H12N2S/c1-10-2-3-11-4-6-15(12(11)8-10)9-13-14-5-7-16-13/h2-8H,9H2,1H3. The Hall–Kier alpha value is -1.61. The minimum Gasteiger partial charge on any atom is -0.341 e. The first-order valence-electron chi connectivity index (χ1n) is 5.27. The van der Waals surface area contributed by atoms with Crippen molar-refractivity contribution in [2.24, 2.45) is 0 Å². The van der Waals surface area contributed by atoms with Crippen molar-refractivity contribution >= 4 is 22.2 Å². The van der Waals surface area contributed by atoms with Crippen molar-refractivity contribution in [1.82, 2.24) is 9.55 Å². The third-order valence-electron chi connectivity index (χ3n) is 2.72. The van der Waals surface area contributed by atoms with E-state index in [4.69, 9.17) is 0 Å². The molecule has 3 aromatic rings. The molecule has 0 saturated heterocycles. The van der Waals surface area contributed by atoms with Crippen LogP contribution >= 0.6 is 11.3 Å². The quantitative estimate of drug-likeness (QED) is 0.657. The average molecular weight is 228 g/mol. The second kappa shape index (κ2) is 3.76. The molecule has 1 aromatic carbocycles. The van der Waals surface area contributed by atoms with Crippen LogP contribution in [-0.2, 0) is 6.54 Å². The maximum absolute atomic E-state index is 4.32. The molecule has 0 unspecified atom stereocenters. The Morgan fingerprint density at radius 1 is 1.31 bits per heavy atom. The lowest BCUT2D eigenvalue weighted by Gasteiger charge is -2.03. The third kappa shape index (κ3) is 1.63. The SMILES string of the molecule is Cc1ccc2ccn(Cc3nccs3)c2c1. The molecule has 0 aliphatic rings. The number of aromatic nitrogens is 2. The predicted molar refractivity (Wildman–Crippen MR) is 67.9 cm³/mol. The van der Waals surface area contributed by atoms with Crippen LogP contribution in [0.1, 0.15) is 10.6 Å². The van der Waals surface area contributed by atoms with Gasteiger partial charge in [0.05, 0.1) is 6.54 Å². The second-order valence-corrected chi connectivity index (χ2v) is 4.91. The minimum absolute atomic E-state index is 0.866. The maximum atomic E-state index is 4.32. The zero-order valence-electron chi connectivity index (χ0n) is 9.05. The molecule has 80 valence electrons. The monoisotopic (exact) mass is 228 g/mol. The Morgan fingerprint density at radius 2 is 2.25 bits per heavy atom. The van der Waals surface area contributed by atoms with Crippen molar-refractivity contribution < 1.29 is 0 Å². The van der Waals surface area contributed by atoms with Crippen LogP contribution in [0.3, 0.4) is 0 Å². The van der Waals surface area contributed by atoms with Crippen LogP contribution in [0, 0.1) is 6.92 Å². The normalized spacial score (nSPS) is 11.1. The van der Waals surface area contributed by atoms with Crippen LogP contribution in [0.25, 0.3) is 10.9 Å². The first kappa shape index (κ1) is 9.60. The summed E-state index contributed by atoms with van der Waals surface area (Å²) in [5, 5.41) is 4.47. The van der Waals surface area contributed by atoms with Crippen molar-refractivity contribution in [3.05, 3.63) is 52.6 Å². The number of hydrogen-bond donors (Lipinski definition) is 0. The number of fused-ring (bicyclic) bond motifs is 1. The van der Waals surface area contributed by atoms with E-state index in [-0.39, 0.29) is 0 Å². The van der Waals surface area contributed by atoms with Crippen molar-refractivity contribution in [2.45, 2.75) is 13.5 Å². The fraction of sp³-hybridized carbons (Fsp3) is 0.154. The Labute approximate surface area is 98.2 Å².